The number of nitrogens with zero attached hydrogens (tertiary/aromatic N) is 3. The second-order valence-corrected chi connectivity index (χ2v) is 6.22. The fourth-order valence-corrected chi connectivity index (χ4v) is 2.83. The van der Waals surface area contributed by atoms with E-state index in [1.807, 2.05) is 17.0 Å². The molecular weight excluding hydrogens is 280 g/mol. The number of carbonyl (C=O) groups excluding carboxylic acids is 2. The zero-order chi connectivity index (χ0) is 15.6. The normalized spacial score (nSPS) is 20.5. The molecule has 6 heteroatoms. The first-order valence-electron chi connectivity index (χ1n) is 7.77. The van der Waals surface area contributed by atoms with E-state index in [2.05, 4.69) is 22.2 Å². The maximum absolute atomic E-state index is 12.7. The van der Waals surface area contributed by atoms with Crippen molar-refractivity contribution in [3.05, 3.63) is 30.1 Å². The van der Waals surface area contributed by atoms with Gasteiger partial charge in [-0.2, -0.15) is 0 Å². The lowest BCUT2D eigenvalue weighted by Gasteiger charge is -2.34. The van der Waals surface area contributed by atoms with Crippen molar-refractivity contribution >= 4 is 11.8 Å². The van der Waals surface area contributed by atoms with Gasteiger partial charge in [-0.25, -0.2) is 0 Å². The molecule has 0 spiro atoms. The van der Waals surface area contributed by atoms with Crippen LogP contribution in [0.1, 0.15) is 18.4 Å². The van der Waals surface area contributed by atoms with E-state index < -0.39 is 5.41 Å². The minimum atomic E-state index is -0.803. The Balaban J connectivity index is 1.58. The van der Waals surface area contributed by atoms with Crippen molar-refractivity contribution in [2.24, 2.45) is 5.41 Å². The van der Waals surface area contributed by atoms with Crippen LogP contribution in [0.3, 0.4) is 0 Å². The van der Waals surface area contributed by atoms with Gasteiger partial charge in [-0.3, -0.25) is 14.6 Å². The molecule has 0 atom stereocenters. The van der Waals surface area contributed by atoms with Crippen LogP contribution in [-0.4, -0.2) is 59.8 Å². The van der Waals surface area contributed by atoms with E-state index >= 15 is 0 Å². The third-order valence-corrected chi connectivity index (χ3v) is 4.59. The Morgan fingerprint density at radius 2 is 1.82 bits per heavy atom. The highest BCUT2D eigenvalue weighted by molar-refractivity contribution is 6.07. The summed E-state index contributed by atoms with van der Waals surface area (Å²) < 4.78 is 0. The Morgan fingerprint density at radius 3 is 2.41 bits per heavy atom. The van der Waals surface area contributed by atoms with Gasteiger partial charge in [0, 0.05) is 45.1 Å². The summed E-state index contributed by atoms with van der Waals surface area (Å²) in [5, 5.41) is 2.91. The van der Waals surface area contributed by atoms with Crippen LogP contribution in [-0.2, 0) is 16.1 Å². The lowest BCUT2D eigenvalue weighted by atomic mass is 10.0. The third-order valence-electron chi connectivity index (χ3n) is 4.59. The number of hydrogen-bond donors (Lipinski definition) is 1. The van der Waals surface area contributed by atoms with Crippen molar-refractivity contribution in [2.45, 2.75) is 19.4 Å². The fraction of sp³-hybridized carbons (Fsp3) is 0.562. The van der Waals surface area contributed by atoms with Crippen LogP contribution in [0.2, 0.25) is 0 Å². The van der Waals surface area contributed by atoms with Crippen LogP contribution in [0.15, 0.2) is 24.5 Å². The Morgan fingerprint density at radius 1 is 1.18 bits per heavy atom. The second kappa shape index (κ2) is 6.04. The maximum Gasteiger partial charge on any atom is 0.238 e. The lowest BCUT2D eigenvalue weighted by molar-refractivity contribution is -0.145. The summed E-state index contributed by atoms with van der Waals surface area (Å²) >= 11 is 0. The third kappa shape index (κ3) is 2.97. The van der Waals surface area contributed by atoms with Gasteiger partial charge in [-0.1, -0.05) is 0 Å². The van der Waals surface area contributed by atoms with Crippen LogP contribution in [0.25, 0.3) is 0 Å². The average Bonchev–Trinajstić information content (AvgIpc) is 3.35. The summed E-state index contributed by atoms with van der Waals surface area (Å²) in [7, 11) is 2.05. The van der Waals surface area contributed by atoms with Crippen molar-refractivity contribution in [1.82, 2.24) is 20.1 Å². The van der Waals surface area contributed by atoms with Gasteiger partial charge < -0.3 is 15.1 Å². The standard InChI is InChI=1S/C16H22N4O2/c1-19-8-10-20(11-9-19)15(22)16(4-5-16)14(21)18-12-13-2-6-17-7-3-13/h2-3,6-7H,4-5,8-12H2,1H3,(H,18,21). The monoisotopic (exact) mass is 302 g/mol. The molecule has 1 aliphatic heterocycles. The minimum absolute atomic E-state index is 0.00725. The first-order valence-corrected chi connectivity index (χ1v) is 7.77. The van der Waals surface area contributed by atoms with E-state index in [0.717, 1.165) is 18.7 Å². The number of piperazine rings is 1. The quantitative estimate of drug-likeness (QED) is 0.810. The second-order valence-electron chi connectivity index (χ2n) is 6.22. The van der Waals surface area contributed by atoms with Gasteiger partial charge >= 0.3 is 0 Å². The Bertz CT molecular complexity index is 549. The molecule has 1 saturated heterocycles. The Kier molecular flexibility index (Phi) is 4.11. The number of rotatable bonds is 4. The molecule has 2 amide bonds. The fourth-order valence-electron chi connectivity index (χ4n) is 2.83. The van der Waals surface area contributed by atoms with Crippen molar-refractivity contribution in [2.75, 3.05) is 33.2 Å². The van der Waals surface area contributed by atoms with Crippen LogP contribution in [0.5, 0.6) is 0 Å². The smallest absolute Gasteiger partial charge is 0.238 e. The summed E-state index contributed by atoms with van der Waals surface area (Å²) in [6, 6.07) is 3.73. The van der Waals surface area contributed by atoms with E-state index in [1.54, 1.807) is 12.4 Å². The molecule has 0 unspecified atom stereocenters. The van der Waals surface area contributed by atoms with Crippen LogP contribution in [0.4, 0.5) is 0 Å². The van der Waals surface area contributed by atoms with Crippen LogP contribution in [0, 0.1) is 5.41 Å². The number of aromatic nitrogens is 1. The number of pyridine rings is 1. The van der Waals surface area contributed by atoms with Gasteiger partial charge in [-0.15, -0.1) is 0 Å². The topological polar surface area (TPSA) is 65.5 Å². The Labute approximate surface area is 130 Å². The molecule has 0 radical (unpaired) electrons. The highest BCUT2D eigenvalue weighted by Gasteiger charge is 2.57. The zero-order valence-corrected chi connectivity index (χ0v) is 12.9. The molecule has 1 aromatic rings. The first-order chi connectivity index (χ1) is 10.6. The summed E-state index contributed by atoms with van der Waals surface area (Å²) in [4.78, 5) is 33.1. The van der Waals surface area contributed by atoms with Crippen molar-refractivity contribution in [3.8, 4) is 0 Å². The molecule has 0 bridgehead atoms. The molecule has 1 aliphatic carbocycles. The van der Waals surface area contributed by atoms with E-state index in [1.165, 1.54) is 0 Å². The number of likely N-dealkylation sites (N-methyl/N-ethyl adjacent to an activating group) is 1. The highest BCUT2D eigenvalue weighted by atomic mass is 16.2. The summed E-state index contributed by atoms with van der Waals surface area (Å²) in [6.45, 7) is 3.63. The van der Waals surface area contributed by atoms with E-state index in [-0.39, 0.29) is 11.8 Å². The van der Waals surface area contributed by atoms with Crippen molar-refractivity contribution in [1.29, 1.82) is 0 Å². The zero-order valence-electron chi connectivity index (χ0n) is 12.9. The van der Waals surface area contributed by atoms with Gasteiger partial charge in [0.1, 0.15) is 5.41 Å². The lowest BCUT2D eigenvalue weighted by Crippen LogP contribution is -2.52. The molecule has 3 rings (SSSR count). The van der Waals surface area contributed by atoms with Crippen molar-refractivity contribution < 1.29 is 9.59 Å². The van der Waals surface area contributed by atoms with Crippen molar-refractivity contribution in [3.63, 3.8) is 0 Å². The molecule has 22 heavy (non-hydrogen) atoms. The number of carbonyl (C=O) groups is 2. The molecule has 1 saturated carbocycles. The molecule has 1 aromatic heterocycles. The largest absolute Gasteiger partial charge is 0.351 e. The highest BCUT2D eigenvalue weighted by Crippen LogP contribution is 2.47. The van der Waals surface area contributed by atoms with E-state index in [0.29, 0.717) is 32.5 Å². The van der Waals surface area contributed by atoms with Gasteiger partial charge in [0.25, 0.3) is 0 Å². The number of hydrogen-bond acceptors (Lipinski definition) is 4. The molecular formula is C16H22N4O2. The average molecular weight is 302 g/mol. The van der Waals surface area contributed by atoms with Crippen LogP contribution < -0.4 is 5.32 Å². The maximum atomic E-state index is 12.7. The SMILES string of the molecule is CN1CCN(C(=O)C2(C(=O)NCc3ccncc3)CC2)CC1. The molecule has 2 fully saturated rings. The Hall–Kier alpha value is -1.95. The molecule has 2 aliphatic rings. The number of amides is 2. The summed E-state index contributed by atoms with van der Waals surface area (Å²) in [6.07, 6.45) is 4.73. The minimum Gasteiger partial charge on any atom is -0.351 e. The molecule has 118 valence electrons. The van der Waals surface area contributed by atoms with Crippen LogP contribution >= 0.6 is 0 Å². The number of nitrogens with one attached hydrogen (secondary N) is 1. The molecule has 6 nitrogen and oxygen atoms in total. The predicted molar refractivity (Wildman–Crippen MR) is 81.8 cm³/mol. The summed E-state index contributed by atoms with van der Waals surface area (Å²) in [5.74, 6) is -0.124. The van der Waals surface area contributed by atoms with Gasteiger partial charge in [-0.05, 0) is 37.6 Å². The van der Waals surface area contributed by atoms with E-state index in [9.17, 15) is 9.59 Å². The molecule has 1 N–H and O–H groups in total. The van der Waals surface area contributed by atoms with E-state index in [4.69, 9.17) is 0 Å². The predicted octanol–water partition coefficient (Wildman–Crippen LogP) is 0.252. The van der Waals surface area contributed by atoms with Gasteiger partial charge in [0.05, 0.1) is 0 Å². The molecule has 0 aromatic carbocycles. The van der Waals surface area contributed by atoms with Gasteiger partial charge in [0.2, 0.25) is 11.8 Å². The first kappa shape index (κ1) is 15.0. The van der Waals surface area contributed by atoms with Gasteiger partial charge in [0.15, 0.2) is 0 Å². The molecule has 2 heterocycles. The summed E-state index contributed by atoms with van der Waals surface area (Å²) in [5.41, 5.74) is 0.189.